The highest BCUT2D eigenvalue weighted by Crippen LogP contribution is 2.20. The number of unbranched alkanes of at least 4 members (excludes halogenated alkanes) is 1. The lowest BCUT2D eigenvalue weighted by Gasteiger charge is -2.28. The van der Waals surface area contributed by atoms with Crippen molar-refractivity contribution in [2.45, 2.75) is 76.5 Å². The van der Waals surface area contributed by atoms with Crippen LogP contribution in [0.4, 0.5) is 0 Å². The topological polar surface area (TPSA) is 230 Å². The number of carboxylic acid groups (broad SMARTS) is 2. The van der Waals surface area contributed by atoms with Gasteiger partial charge in [0, 0.05) is 23.5 Å². The number of carbonyl (C=O) groups excluding carboxylic acids is 3. The molecule has 13 nitrogen and oxygen atoms in total. The summed E-state index contributed by atoms with van der Waals surface area (Å²) in [5, 5.41) is 27.2. The normalized spacial score (nSPS) is 14.9. The number of para-hydroxylation sites is 1. The zero-order chi connectivity index (χ0) is 29.8. The lowest BCUT2D eigenvalue weighted by molar-refractivity contribution is -0.142. The van der Waals surface area contributed by atoms with Crippen molar-refractivity contribution in [1.82, 2.24) is 20.9 Å². The lowest BCUT2D eigenvalue weighted by Crippen LogP contribution is -2.59. The van der Waals surface area contributed by atoms with Gasteiger partial charge < -0.3 is 42.6 Å². The first-order valence-corrected chi connectivity index (χ1v) is 13.3. The van der Waals surface area contributed by atoms with Crippen LogP contribution < -0.4 is 27.4 Å². The number of aliphatic carboxylic acids is 2. The molecule has 1 heterocycles. The summed E-state index contributed by atoms with van der Waals surface area (Å²) in [6.07, 6.45) is 2.86. The van der Waals surface area contributed by atoms with E-state index in [0.29, 0.717) is 25.8 Å². The highest BCUT2D eigenvalue weighted by Gasteiger charge is 2.33. The van der Waals surface area contributed by atoms with Gasteiger partial charge >= 0.3 is 11.9 Å². The molecule has 0 bridgehead atoms. The number of rotatable bonds is 17. The van der Waals surface area contributed by atoms with Crippen LogP contribution in [0, 0.1) is 5.92 Å². The van der Waals surface area contributed by atoms with Gasteiger partial charge in [-0.15, -0.1) is 0 Å². The number of carboxylic acids is 2. The van der Waals surface area contributed by atoms with Gasteiger partial charge in [-0.3, -0.25) is 19.2 Å². The van der Waals surface area contributed by atoms with Crippen LogP contribution >= 0.6 is 0 Å². The minimum atomic E-state index is -1.37. The molecule has 5 unspecified atom stereocenters. The minimum absolute atomic E-state index is 0.0381. The Hall–Kier alpha value is -3.97. The summed E-state index contributed by atoms with van der Waals surface area (Å²) in [5.74, 6) is -5.05. The molecule has 10 N–H and O–H groups in total. The van der Waals surface area contributed by atoms with Gasteiger partial charge in [0.2, 0.25) is 17.7 Å². The number of aromatic amines is 1. The molecule has 0 aliphatic carbocycles. The monoisotopic (exact) mass is 560 g/mol. The van der Waals surface area contributed by atoms with Crippen LogP contribution in [-0.2, 0) is 30.4 Å². The molecule has 1 aromatic heterocycles. The zero-order valence-corrected chi connectivity index (χ0v) is 22.8. The van der Waals surface area contributed by atoms with Gasteiger partial charge in [-0.25, -0.2) is 4.79 Å². The number of H-pyrrole nitrogens is 1. The van der Waals surface area contributed by atoms with Gasteiger partial charge in [-0.2, -0.15) is 0 Å². The fourth-order valence-corrected chi connectivity index (χ4v) is 4.26. The molecule has 2 aromatic rings. The average Bonchev–Trinajstić information content (AvgIpc) is 3.32. The fourth-order valence-electron chi connectivity index (χ4n) is 4.26. The third-order valence-electron chi connectivity index (χ3n) is 6.82. The molecule has 3 amide bonds. The summed E-state index contributed by atoms with van der Waals surface area (Å²) in [6.45, 7) is 3.92. The molecule has 0 saturated carbocycles. The van der Waals surface area contributed by atoms with Crippen molar-refractivity contribution in [3.05, 3.63) is 36.0 Å². The summed E-state index contributed by atoms with van der Waals surface area (Å²) in [5.41, 5.74) is 12.7. The molecule has 40 heavy (non-hydrogen) atoms. The van der Waals surface area contributed by atoms with Crippen LogP contribution in [-0.4, -0.2) is 75.6 Å². The SMILES string of the molecule is CCC(C)C(NC(=O)C(N)CC(=O)O)C(=O)NC(Cc1c[nH]c2ccccc12)C(=O)NC(CCCCN)C(=O)O. The number of benzene rings is 1. The summed E-state index contributed by atoms with van der Waals surface area (Å²) in [7, 11) is 0. The molecule has 0 radical (unpaired) electrons. The van der Waals surface area contributed by atoms with Crippen molar-refractivity contribution in [1.29, 1.82) is 0 Å². The molecule has 2 rings (SSSR count). The summed E-state index contributed by atoms with van der Waals surface area (Å²) >= 11 is 0. The first-order valence-electron chi connectivity index (χ1n) is 13.3. The minimum Gasteiger partial charge on any atom is -0.481 e. The highest BCUT2D eigenvalue weighted by molar-refractivity contribution is 5.95. The molecule has 5 atom stereocenters. The molecular weight excluding hydrogens is 520 g/mol. The average molecular weight is 561 g/mol. The molecule has 0 fully saturated rings. The summed E-state index contributed by atoms with van der Waals surface area (Å²) in [6, 6.07) is 2.56. The van der Waals surface area contributed by atoms with E-state index in [2.05, 4.69) is 20.9 Å². The first kappa shape index (κ1) is 32.2. The third kappa shape index (κ3) is 9.35. The van der Waals surface area contributed by atoms with Crippen LogP contribution in [0.2, 0.25) is 0 Å². The Bertz CT molecular complexity index is 1180. The maximum absolute atomic E-state index is 13.5. The van der Waals surface area contributed by atoms with Crippen molar-refractivity contribution in [2.75, 3.05) is 6.54 Å². The van der Waals surface area contributed by atoms with E-state index in [1.165, 1.54) is 0 Å². The van der Waals surface area contributed by atoms with Crippen LogP contribution in [0.1, 0.15) is 51.5 Å². The number of carbonyl (C=O) groups is 5. The van der Waals surface area contributed by atoms with Crippen molar-refractivity contribution in [3.63, 3.8) is 0 Å². The fraction of sp³-hybridized carbons (Fsp3) is 0.519. The molecule has 220 valence electrons. The van der Waals surface area contributed by atoms with Crippen LogP contribution in [0.25, 0.3) is 10.9 Å². The molecule has 0 spiro atoms. The van der Waals surface area contributed by atoms with Gasteiger partial charge in [0.05, 0.1) is 12.5 Å². The molecule has 13 heteroatoms. The highest BCUT2D eigenvalue weighted by atomic mass is 16.4. The number of nitrogens with two attached hydrogens (primary N) is 2. The van der Waals surface area contributed by atoms with Gasteiger partial charge in [0.25, 0.3) is 0 Å². The van der Waals surface area contributed by atoms with Crippen LogP contribution in [0.15, 0.2) is 30.5 Å². The Morgan fingerprint density at radius 2 is 1.62 bits per heavy atom. The second-order valence-corrected chi connectivity index (χ2v) is 9.88. The smallest absolute Gasteiger partial charge is 0.326 e. The Labute approximate surface area is 232 Å². The second kappa shape index (κ2) is 15.6. The Morgan fingerprint density at radius 1 is 0.950 bits per heavy atom. The third-order valence-corrected chi connectivity index (χ3v) is 6.82. The molecule has 0 saturated heterocycles. The van der Waals surface area contributed by atoms with Crippen LogP contribution in [0.5, 0.6) is 0 Å². The van der Waals surface area contributed by atoms with E-state index in [9.17, 15) is 29.1 Å². The molecular formula is C27H40N6O7. The molecule has 0 aliphatic rings. The number of hydrogen-bond acceptors (Lipinski definition) is 7. The van der Waals surface area contributed by atoms with Crippen molar-refractivity contribution < 1.29 is 34.2 Å². The number of aromatic nitrogens is 1. The second-order valence-electron chi connectivity index (χ2n) is 9.88. The standard InChI is InChI=1S/C27H40N6O7/c1-3-15(2)23(33-24(36)18(29)13-22(34)35)26(38)32-21(12-16-14-30-19-9-5-4-8-17(16)19)25(37)31-20(27(39)40)10-6-7-11-28/h4-5,8-9,14-15,18,20-21,23,30H,3,6-7,10-13,28-29H2,1-2H3,(H,31,37)(H,32,38)(H,33,36)(H,34,35)(H,39,40). The Balaban J connectivity index is 2.32. The van der Waals surface area contributed by atoms with E-state index in [4.69, 9.17) is 16.6 Å². The number of hydrogen-bond donors (Lipinski definition) is 8. The predicted octanol–water partition coefficient (Wildman–Crippen LogP) is 0.227. The van der Waals surface area contributed by atoms with Gasteiger partial charge in [-0.1, -0.05) is 38.5 Å². The van der Waals surface area contributed by atoms with Gasteiger partial charge in [0.15, 0.2) is 0 Å². The lowest BCUT2D eigenvalue weighted by atomic mass is 9.96. The van der Waals surface area contributed by atoms with Crippen molar-refractivity contribution in [3.8, 4) is 0 Å². The van der Waals surface area contributed by atoms with Gasteiger partial charge in [0.1, 0.15) is 18.1 Å². The first-order chi connectivity index (χ1) is 19.0. The largest absolute Gasteiger partial charge is 0.481 e. The zero-order valence-electron chi connectivity index (χ0n) is 22.8. The maximum atomic E-state index is 13.5. The molecule has 1 aromatic carbocycles. The summed E-state index contributed by atoms with van der Waals surface area (Å²) < 4.78 is 0. The Kier molecular flexibility index (Phi) is 12.6. The summed E-state index contributed by atoms with van der Waals surface area (Å²) in [4.78, 5) is 65.3. The van der Waals surface area contributed by atoms with E-state index in [0.717, 1.165) is 16.5 Å². The van der Waals surface area contributed by atoms with E-state index in [1.54, 1.807) is 13.1 Å². The predicted molar refractivity (Wildman–Crippen MR) is 148 cm³/mol. The van der Waals surface area contributed by atoms with Gasteiger partial charge in [-0.05, 0) is 43.4 Å². The number of nitrogens with one attached hydrogen (secondary N) is 4. The Morgan fingerprint density at radius 3 is 2.25 bits per heavy atom. The van der Waals surface area contributed by atoms with Crippen molar-refractivity contribution >= 4 is 40.6 Å². The van der Waals surface area contributed by atoms with E-state index < -0.39 is 60.2 Å². The quantitative estimate of drug-likeness (QED) is 0.124. The number of amides is 3. The van der Waals surface area contributed by atoms with Crippen LogP contribution in [0.3, 0.4) is 0 Å². The van der Waals surface area contributed by atoms with E-state index in [1.807, 2.05) is 31.2 Å². The van der Waals surface area contributed by atoms with Crippen molar-refractivity contribution in [2.24, 2.45) is 17.4 Å². The van der Waals surface area contributed by atoms with E-state index >= 15 is 0 Å². The van der Waals surface area contributed by atoms with E-state index in [-0.39, 0.29) is 18.8 Å². The molecule has 0 aliphatic heterocycles. The maximum Gasteiger partial charge on any atom is 0.326 e. The number of fused-ring (bicyclic) bond motifs is 1.